The number of allylic oxidation sites excluding steroid dienone is 4. The van der Waals surface area contributed by atoms with Crippen molar-refractivity contribution < 1.29 is 0 Å². The van der Waals surface area contributed by atoms with Gasteiger partial charge in [0.15, 0.2) is 5.82 Å². The van der Waals surface area contributed by atoms with Gasteiger partial charge in [-0.15, -0.1) is 0 Å². The van der Waals surface area contributed by atoms with E-state index in [2.05, 4.69) is 89.3 Å². The van der Waals surface area contributed by atoms with Crippen molar-refractivity contribution in [2.45, 2.75) is 45.4 Å². The highest BCUT2D eigenvalue weighted by Crippen LogP contribution is 2.70. The molecule has 1 aromatic heterocycles. The van der Waals surface area contributed by atoms with Crippen LogP contribution in [0.3, 0.4) is 0 Å². The van der Waals surface area contributed by atoms with E-state index >= 15 is 0 Å². The van der Waals surface area contributed by atoms with Crippen molar-refractivity contribution in [3.05, 3.63) is 71.8 Å². The largest absolute Gasteiger partial charge is 0.252 e. The van der Waals surface area contributed by atoms with E-state index in [-0.39, 0.29) is 16.2 Å². The summed E-state index contributed by atoms with van der Waals surface area (Å²) in [6.45, 7) is 11.4. The molecule has 0 N–H and O–H groups in total. The van der Waals surface area contributed by atoms with Crippen molar-refractivity contribution in [1.29, 1.82) is 0 Å². The molecule has 2 unspecified atom stereocenters. The van der Waals surface area contributed by atoms with Crippen LogP contribution < -0.4 is 0 Å². The maximum absolute atomic E-state index is 5.10. The van der Waals surface area contributed by atoms with Crippen LogP contribution in [0.15, 0.2) is 54.6 Å². The van der Waals surface area contributed by atoms with Crippen LogP contribution in [0.2, 0.25) is 0 Å². The van der Waals surface area contributed by atoms with Gasteiger partial charge < -0.3 is 0 Å². The summed E-state index contributed by atoms with van der Waals surface area (Å²) in [7, 11) is 2.04. The van der Waals surface area contributed by atoms with Gasteiger partial charge in [0.05, 0.1) is 5.41 Å². The number of hydrogen-bond acceptors (Lipinski definition) is 2. The normalized spacial score (nSPS) is 27.5. The van der Waals surface area contributed by atoms with Crippen molar-refractivity contribution in [2.75, 3.05) is 0 Å². The molecule has 3 nitrogen and oxygen atoms in total. The fourth-order valence-electron chi connectivity index (χ4n) is 5.17. The Balaban J connectivity index is 1.76. The number of nitrogens with zero attached hydrogens (tertiary/aromatic N) is 3. The van der Waals surface area contributed by atoms with Crippen LogP contribution >= 0.6 is 0 Å². The van der Waals surface area contributed by atoms with Gasteiger partial charge in [-0.3, -0.25) is 4.68 Å². The maximum Gasteiger partial charge on any atom is 0.160 e. The molecule has 2 aliphatic rings. The molecule has 0 aliphatic heterocycles. The van der Waals surface area contributed by atoms with Crippen molar-refractivity contribution in [3.63, 3.8) is 0 Å². The topological polar surface area (TPSA) is 30.7 Å². The Bertz CT molecular complexity index is 885. The lowest BCUT2D eigenvalue weighted by Crippen LogP contribution is -2.35. The number of aromatic nitrogens is 3. The minimum absolute atomic E-state index is 0.0783. The second-order valence-electron chi connectivity index (χ2n) is 8.99. The monoisotopic (exact) mass is 347 g/mol. The van der Waals surface area contributed by atoms with Gasteiger partial charge in [0.1, 0.15) is 5.82 Å². The molecule has 0 bridgehead atoms. The molecule has 0 radical (unpaired) electrons. The molecule has 2 aliphatic carbocycles. The Morgan fingerprint density at radius 1 is 1.04 bits per heavy atom. The van der Waals surface area contributed by atoms with Crippen LogP contribution in [0.4, 0.5) is 0 Å². The van der Waals surface area contributed by atoms with Crippen LogP contribution in [-0.2, 0) is 17.9 Å². The van der Waals surface area contributed by atoms with Crippen LogP contribution in [0.25, 0.3) is 0 Å². The summed E-state index contributed by atoms with van der Waals surface area (Å²) in [5, 5.41) is 4.86. The van der Waals surface area contributed by atoms with E-state index in [4.69, 9.17) is 10.1 Å². The average molecular weight is 348 g/mol. The minimum Gasteiger partial charge on any atom is -0.252 e. The number of aryl methyl sites for hydroxylation is 1. The Morgan fingerprint density at radius 2 is 1.73 bits per heavy atom. The summed E-state index contributed by atoms with van der Waals surface area (Å²) in [5.41, 5.74) is 1.09. The molecule has 2 aromatic rings. The molecule has 4 rings (SSSR count). The zero-order chi connectivity index (χ0) is 18.7. The first kappa shape index (κ1) is 17.3. The summed E-state index contributed by atoms with van der Waals surface area (Å²) in [5.74, 6) is 3.20. The third-order valence-corrected chi connectivity index (χ3v) is 7.00. The molecule has 136 valence electrons. The number of hydrogen-bond donors (Lipinski definition) is 0. The van der Waals surface area contributed by atoms with Gasteiger partial charge in [-0.25, -0.2) is 4.98 Å². The van der Waals surface area contributed by atoms with E-state index in [1.807, 2.05) is 11.7 Å². The van der Waals surface area contributed by atoms with Crippen LogP contribution in [0, 0.1) is 17.3 Å². The van der Waals surface area contributed by atoms with Gasteiger partial charge in [0, 0.05) is 17.9 Å². The fraction of sp³-hybridized carbons (Fsp3) is 0.478. The zero-order valence-electron chi connectivity index (χ0n) is 16.7. The standard InChI is InChI=1S/C23H29N3/c1-16-18-14-10-11-15-23(16,18)22(4,5)20-24-19(25-26(20)6)21(2,3)17-12-8-7-9-13-17/h7-16,18H,1-6H3/t16-,18?,23?/m1/s1. The highest BCUT2D eigenvalue weighted by molar-refractivity contribution is 5.40. The lowest BCUT2D eigenvalue weighted by Gasteiger charge is -2.34. The van der Waals surface area contributed by atoms with E-state index in [1.54, 1.807) is 0 Å². The SMILES string of the molecule is C[C@@H]1C2C=CC=CC21C(C)(C)c1nc(C(C)(C)c2ccccc2)nn1C. The third kappa shape index (κ3) is 2.12. The summed E-state index contributed by atoms with van der Waals surface area (Å²) in [6.07, 6.45) is 9.15. The molecule has 0 saturated heterocycles. The van der Waals surface area contributed by atoms with Gasteiger partial charge in [0.2, 0.25) is 0 Å². The molecular formula is C23H29N3. The summed E-state index contributed by atoms with van der Waals surface area (Å²) >= 11 is 0. The summed E-state index contributed by atoms with van der Waals surface area (Å²) in [6, 6.07) is 10.5. The molecule has 1 heterocycles. The minimum atomic E-state index is -0.220. The lowest BCUT2D eigenvalue weighted by molar-refractivity contribution is 0.297. The molecule has 1 aromatic carbocycles. The van der Waals surface area contributed by atoms with Gasteiger partial charge in [-0.1, -0.05) is 75.4 Å². The first-order chi connectivity index (χ1) is 12.2. The van der Waals surface area contributed by atoms with Gasteiger partial charge >= 0.3 is 0 Å². The fourth-order valence-corrected chi connectivity index (χ4v) is 5.17. The number of rotatable bonds is 4. The average Bonchev–Trinajstić information content (AvgIpc) is 3.04. The number of benzene rings is 1. The molecule has 1 saturated carbocycles. The first-order valence-corrected chi connectivity index (χ1v) is 9.56. The number of fused-ring (bicyclic) bond motifs is 1. The van der Waals surface area contributed by atoms with E-state index in [0.29, 0.717) is 11.8 Å². The maximum atomic E-state index is 5.10. The second kappa shape index (κ2) is 5.42. The van der Waals surface area contributed by atoms with Gasteiger partial charge in [-0.2, -0.15) is 5.10 Å². The van der Waals surface area contributed by atoms with E-state index in [1.165, 1.54) is 5.56 Å². The highest BCUT2D eigenvalue weighted by Gasteiger charge is 2.68. The molecule has 1 fully saturated rings. The molecule has 3 heteroatoms. The molecule has 0 spiro atoms. The Labute approximate surface area is 156 Å². The molecular weight excluding hydrogens is 318 g/mol. The molecule has 26 heavy (non-hydrogen) atoms. The van der Waals surface area contributed by atoms with Gasteiger partial charge in [-0.05, 0) is 31.2 Å². The van der Waals surface area contributed by atoms with Crippen LogP contribution in [0.5, 0.6) is 0 Å². The van der Waals surface area contributed by atoms with E-state index in [9.17, 15) is 0 Å². The Morgan fingerprint density at radius 3 is 2.38 bits per heavy atom. The van der Waals surface area contributed by atoms with Crippen molar-refractivity contribution in [2.24, 2.45) is 24.3 Å². The van der Waals surface area contributed by atoms with Crippen molar-refractivity contribution in [3.8, 4) is 0 Å². The van der Waals surface area contributed by atoms with E-state index in [0.717, 1.165) is 11.6 Å². The van der Waals surface area contributed by atoms with Crippen LogP contribution in [0.1, 0.15) is 51.8 Å². The van der Waals surface area contributed by atoms with Gasteiger partial charge in [0.25, 0.3) is 0 Å². The summed E-state index contributed by atoms with van der Waals surface area (Å²) < 4.78 is 2.00. The quantitative estimate of drug-likeness (QED) is 0.795. The zero-order valence-corrected chi connectivity index (χ0v) is 16.7. The smallest absolute Gasteiger partial charge is 0.160 e. The third-order valence-electron chi connectivity index (χ3n) is 7.00. The van der Waals surface area contributed by atoms with Crippen molar-refractivity contribution in [1.82, 2.24) is 14.8 Å². The highest BCUT2D eigenvalue weighted by atomic mass is 15.3. The molecule has 0 amide bonds. The summed E-state index contributed by atoms with van der Waals surface area (Å²) in [4.78, 5) is 5.10. The Hall–Kier alpha value is -2.16. The first-order valence-electron chi connectivity index (χ1n) is 9.56. The van der Waals surface area contributed by atoms with E-state index < -0.39 is 0 Å². The lowest BCUT2D eigenvalue weighted by atomic mass is 9.71. The second-order valence-corrected chi connectivity index (χ2v) is 8.99. The predicted molar refractivity (Wildman–Crippen MR) is 106 cm³/mol. The predicted octanol–water partition coefficient (Wildman–Crippen LogP) is 4.80. The van der Waals surface area contributed by atoms with Crippen LogP contribution in [-0.4, -0.2) is 14.8 Å². The Kier molecular flexibility index (Phi) is 3.60. The van der Waals surface area contributed by atoms with Crippen molar-refractivity contribution >= 4 is 0 Å². The molecule has 3 atom stereocenters.